The number of carbonyl (C=O) groups is 2. The number of benzene rings is 2. The van der Waals surface area contributed by atoms with Gasteiger partial charge in [0.15, 0.2) is 0 Å². The second-order valence-electron chi connectivity index (χ2n) is 8.21. The Kier molecular flexibility index (Phi) is 5.77. The smallest absolute Gasteiger partial charge is 0.329 e. The van der Waals surface area contributed by atoms with E-state index in [4.69, 9.17) is 4.74 Å². The summed E-state index contributed by atoms with van der Waals surface area (Å²) >= 11 is 0. The van der Waals surface area contributed by atoms with E-state index in [0.29, 0.717) is 18.0 Å². The van der Waals surface area contributed by atoms with Crippen LogP contribution in [0.25, 0.3) is 0 Å². The van der Waals surface area contributed by atoms with Gasteiger partial charge in [-0.2, -0.15) is 0 Å². The average Bonchev–Trinajstić information content (AvgIpc) is 3.18. The highest BCUT2D eigenvalue weighted by Crippen LogP contribution is 2.34. The minimum absolute atomic E-state index is 0.175. The number of fused-ring (bicyclic) bond motifs is 1. The quantitative estimate of drug-likeness (QED) is 0.730. The van der Waals surface area contributed by atoms with Crippen LogP contribution in [0.3, 0.4) is 0 Å². The molecular weight excluding hydrogens is 378 g/mol. The van der Waals surface area contributed by atoms with E-state index in [1.54, 1.807) is 4.90 Å². The first-order chi connectivity index (χ1) is 14.5. The van der Waals surface area contributed by atoms with Crippen molar-refractivity contribution >= 4 is 23.3 Å². The van der Waals surface area contributed by atoms with Gasteiger partial charge in [-0.25, -0.2) is 4.79 Å². The minimum Gasteiger partial charge on any atom is -0.467 e. The first-order valence-electron chi connectivity index (χ1n) is 10.6. The van der Waals surface area contributed by atoms with Crippen LogP contribution >= 0.6 is 0 Å². The Hall–Kier alpha value is -2.86. The normalized spacial score (nSPS) is 19.1. The van der Waals surface area contributed by atoms with Gasteiger partial charge < -0.3 is 9.64 Å². The third-order valence-corrected chi connectivity index (χ3v) is 6.19. The summed E-state index contributed by atoms with van der Waals surface area (Å²) in [4.78, 5) is 32.1. The molecule has 2 aromatic carbocycles. The predicted molar refractivity (Wildman–Crippen MR) is 118 cm³/mol. The van der Waals surface area contributed by atoms with Gasteiger partial charge in [0.25, 0.3) is 5.91 Å². The topological polar surface area (TPSA) is 53.1 Å². The number of anilines is 2. The van der Waals surface area contributed by atoms with Gasteiger partial charge in [-0.15, -0.1) is 0 Å². The van der Waals surface area contributed by atoms with Crippen molar-refractivity contribution in [2.75, 3.05) is 43.1 Å². The van der Waals surface area contributed by atoms with Gasteiger partial charge in [0.05, 0.1) is 7.11 Å². The van der Waals surface area contributed by atoms with Gasteiger partial charge in [0.2, 0.25) is 0 Å². The maximum atomic E-state index is 13.3. The van der Waals surface area contributed by atoms with Crippen molar-refractivity contribution in [3.8, 4) is 0 Å². The number of hydrogen-bond acceptors (Lipinski definition) is 5. The fourth-order valence-corrected chi connectivity index (χ4v) is 4.41. The molecule has 30 heavy (non-hydrogen) atoms. The number of hydrogen-bond donors (Lipinski definition) is 0. The molecule has 0 aliphatic carbocycles. The molecular formula is C24H29N3O3. The Labute approximate surface area is 178 Å². The Bertz CT molecular complexity index is 918. The summed E-state index contributed by atoms with van der Waals surface area (Å²) in [5.74, 6) is -0.564. The molecule has 0 aromatic heterocycles. The van der Waals surface area contributed by atoms with Crippen molar-refractivity contribution in [3.05, 3.63) is 59.7 Å². The molecule has 1 atom stereocenters. The van der Waals surface area contributed by atoms with Gasteiger partial charge in [0.1, 0.15) is 6.04 Å². The van der Waals surface area contributed by atoms with E-state index in [2.05, 4.69) is 23.6 Å². The first-order valence-corrected chi connectivity index (χ1v) is 10.6. The molecule has 6 nitrogen and oxygen atoms in total. The van der Waals surface area contributed by atoms with Crippen molar-refractivity contribution in [1.82, 2.24) is 4.90 Å². The molecule has 2 aliphatic rings. The van der Waals surface area contributed by atoms with E-state index in [1.165, 1.54) is 7.11 Å². The average molecular weight is 408 g/mol. The van der Waals surface area contributed by atoms with Crippen LogP contribution in [0.4, 0.5) is 11.4 Å². The second kappa shape index (κ2) is 8.48. The number of amides is 1. The summed E-state index contributed by atoms with van der Waals surface area (Å²) < 4.78 is 4.96. The number of piperazine rings is 1. The van der Waals surface area contributed by atoms with Crippen LogP contribution in [-0.2, 0) is 16.0 Å². The molecule has 0 saturated carbocycles. The van der Waals surface area contributed by atoms with E-state index in [-0.39, 0.29) is 11.9 Å². The van der Waals surface area contributed by atoms with Crippen LogP contribution in [0.5, 0.6) is 0 Å². The summed E-state index contributed by atoms with van der Waals surface area (Å²) in [5, 5.41) is 0. The maximum absolute atomic E-state index is 13.3. The second-order valence-corrected chi connectivity index (χ2v) is 8.21. The molecule has 6 heteroatoms. The van der Waals surface area contributed by atoms with Crippen LogP contribution < -0.4 is 9.80 Å². The molecule has 1 fully saturated rings. The highest BCUT2D eigenvalue weighted by atomic mass is 16.5. The van der Waals surface area contributed by atoms with Crippen molar-refractivity contribution in [1.29, 1.82) is 0 Å². The van der Waals surface area contributed by atoms with Gasteiger partial charge in [-0.3, -0.25) is 14.6 Å². The van der Waals surface area contributed by atoms with E-state index >= 15 is 0 Å². The lowest BCUT2D eigenvalue weighted by Crippen LogP contribution is -2.48. The van der Waals surface area contributed by atoms with Gasteiger partial charge >= 0.3 is 5.97 Å². The molecule has 158 valence electrons. The maximum Gasteiger partial charge on any atom is 0.329 e. The summed E-state index contributed by atoms with van der Waals surface area (Å²) in [5.41, 5.74) is 3.47. The van der Waals surface area contributed by atoms with E-state index < -0.39 is 6.04 Å². The van der Waals surface area contributed by atoms with Gasteiger partial charge in [0, 0.05) is 55.6 Å². The number of methoxy groups -OCH3 is 1. The van der Waals surface area contributed by atoms with Crippen LogP contribution in [0.2, 0.25) is 0 Å². The van der Waals surface area contributed by atoms with E-state index in [1.807, 2.05) is 48.5 Å². The number of carbonyl (C=O) groups excluding carboxylic acids is 2. The third-order valence-electron chi connectivity index (χ3n) is 6.19. The highest BCUT2D eigenvalue weighted by molar-refractivity contribution is 6.11. The molecule has 0 N–H and O–H groups in total. The largest absolute Gasteiger partial charge is 0.467 e. The predicted octanol–water partition coefficient (Wildman–Crippen LogP) is 2.96. The molecule has 1 saturated heterocycles. The lowest BCUT2D eigenvalue weighted by atomic mass is 10.1. The Morgan fingerprint density at radius 2 is 1.63 bits per heavy atom. The molecule has 1 unspecified atom stereocenters. The number of esters is 1. The number of para-hydroxylation sites is 1. The summed E-state index contributed by atoms with van der Waals surface area (Å²) in [6, 6.07) is 15.3. The van der Waals surface area contributed by atoms with Crippen LogP contribution in [0, 0.1) is 0 Å². The van der Waals surface area contributed by atoms with Crippen LogP contribution in [-0.4, -0.2) is 62.1 Å². The minimum atomic E-state index is -0.622. The van der Waals surface area contributed by atoms with Crippen molar-refractivity contribution < 1.29 is 14.3 Å². The standard InChI is InChI=1S/C24H29N3O3/c1-17(2)25-12-14-26(15-13-25)20-10-8-18(9-11-20)23(28)27-21-7-5-4-6-19(21)16-22(27)24(29)30-3/h4-11,17,22H,12-16H2,1-3H3. The molecule has 0 bridgehead atoms. The Morgan fingerprint density at radius 1 is 0.967 bits per heavy atom. The lowest BCUT2D eigenvalue weighted by molar-refractivity contribution is -0.141. The molecule has 0 spiro atoms. The zero-order valence-electron chi connectivity index (χ0n) is 17.9. The zero-order chi connectivity index (χ0) is 21.3. The van der Waals surface area contributed by atoms with Crippen LogP contribution in [0.1, 0.15) is 29.8 Å². The van der Waals surface area contributed by atoms with Gasteiger partial charge in [-0.05, 0) is 49.7 Å². The molecule has 2 aromatic rings. The Balaban J connectivity index is 1.52. The number of rotatable bonds is 4. The fourth-order valence-electron chi connectivity index (χ4n) is 4.41. The molecule has 2 heterocycles. The SMILES string of the molecule is COC(=O)C1Cc2ccccc2N1C(=O)c1ccc(N2CCN(C(C)C)CC2)cc1. The molecule has 0 radical (unpaired) electrons. The van der Waals surface area contributed by atoms with Crippen LogP contribution in [0.15, 0.2) is 48.5 Å². The molecule has 2 aliphatic heterocycles. The number of nitrogens with zero attached hydrogens (tertiary/aromatic N) is 3. The summed E-state index contributed by atoms with van der Waals surface area (Å²) in [6.45, 7) is 8.51. The van der Waals surface area contributed by atoms with Crippen molar-refractivity contribution in [2.45, 2.75) is 32.4 Å². The van der Waals surface area contributed by atoms with E-state index in [9.17, 15) is 9.59 Å². The summed E-state index contributed by atoms with van der Waals surface area (Å²) in [7, 11) is 1.36. The molecule has 1 amide bonds. The lowest BCUT2D eigenvalue weighted by Gasteiger charge is -2.38. The fraction of sp³-hybridized carbons (Fsp3) is 0.417. The Morgan fingerprint density at radius 3 is 2.27 bits per heavy atom. The monoisotopic (exact) mass is 407 g/mol. The highest BCUT2D eigenvalue weighted by Gasteiger charge is 2.39. The third kappa shape index (κ3) is 3.79. The van der Waals surface area contributed by atoms with Gasteiger partial charge in [-0.1, -0.05) is 18.2 Å². The number of ether oxygens (including phenoxy) is 1. The zero-order valence-corrected chi connectivity index (χ0v) is 17.9. The van der Waals surface area contributed by atoms with Crippen molar-refractivity contribution in [2.24, 2.45) is 0 Å². The van der Waals surface area contributed by atoms with Crippen molar-refractivity contribution in [3.63, 3.8) is 0 Å². The summed E-state index contributed by atoms with van der Waals surface area (Å²) in [6.07, 6.45) is 0.479. The first kappa shape index (κ1) is 20.4. The van der Waals surface area contributed by atoms with E-state index in [0.717, 1.165) is 43.1 Å². The molecule has 4 rings (SSSR count).